The Kier molecular flexibility index (Phi) is 7.09. The van der Waals surface area contributed by atoms with E-state index in [1.54, 1.807) is 0 Å². The van der Waals surface area contributed by atoms with Crippen LogP contribution in [-0.2, 0) is 14.3 Å². The maximum Gasteiger partial charge on any atom is 0.325 e. The van der Waals surface area contributed by atoms with Crippen LogP contribution in [0.5, 0.6) is 0 Å². The summed E-state index contributed by atoms with van der Waals surface area (Å²) < 4.78 is 4.48. The van der Waals surface area contributed by atoms with Crippen molar-refractivity contribution in [2.24, 2.45) is 5.92 Å². The second kappa shape index (κ2) is 8.35. The van der Waals surface area contributed by atoms with Crippen LogP contribution in [-0.4, -0.2) is 30.9 Å². The second-order valence-corrected chi connectivity index (χ2v) is 5.36. The average molecular weight is 276 g/mol. The molecular formula is C13H22ClNO3. The molecule has 0 heterocycles. The highest BCUT2D eigenvalue weighted by molar-refractivity contribution is 6.30. The number of hydrogen-bond donors (Lipinski definition) is 1. The molecule has 5 heteroatoms. The van der Waals surface area contributed by atoms with Crippen LogP contribution in [0, 0.1) is 5.92 Å². The molecule has 1 aliphatic rings. The van der Waals surface area contributed by atoms with Crippen molar-refractivity contribution in [1.29, 1.82) is 0 Å². The van der Waals surface area contributed by atoms with Crippen LogP contribution in [0.25, 0.3) is 0 Å². The molecule has 0 aliphatic heterocycles. The number of methoxy groups -OCH3 is 1. The fourth-order valence-corrected chi connectivity index (χ4v) is 2.48. The lowest BCUT2D eigenvalue weighted by Gasteiger charge is -2.21. The van der Waals surface area contributed by atoms with Crippen LogP contribution in [0.4, 0.5) is 0 Å². The molecule has 0 aromatic heterocycles. The highest BCUT2D eigenvalue weighted by Crippen LogP contribution is 2.27. The Morgan fingerprint density at radius 2 is 2.00 bits per heavy atom. The molecular weight excluding hydrogens is 254 g/mol. The minimum Gasteiger partial charge on any atom is -0.468 e. The van der Waals surface area contributed by atoms with E-state index in [0.717, 1.165) is 6.42 Å². The van der Waals surface area contributed by atoms with Gasteiger partial charge in [-0.3, -0.25) is 9.59 Å². The molecule has 1 rings (SSSR count). The van der Waals surface area contributed by atoms with Gasteiger partial charge in [0.2, 0.25) is 5.91 Å². The van der Waals surface area contributed by atoms with Gasteiger partial charge in [0.1, 0.15) is 5.38 Å². The van der Waals surface area contributed by atoms with E-state index >= 15 is 0 Å². The highest BCUT2D eigenvalue weighted by atomic mass is 35.5. The van der Waals surface area contributed by atoms with Gasteiger partial charge in [0.05, 0.1) is 7.11 Å². The Bertz CT molecular complexity index is 277. The molecule has 104 valence electrons. The van der Waals surface area contributed by atoms with E-state index in [1.807, 2.05) is 0 Å². The van der Waals surface area contributed by atoms with E-state index in [2.05, 4.69) is 10.1 Å². The van der Waals surface area contributed by atoms with Gasteiger partial charge in [0, 0.05) is 13.0 Å². The van der Waals surface area contributed by atoms with Gasteiger partial charge in [-0.25, -0.2) is 0 Å². The van der Waals surface area contributed by atoms with Gasteiger partial charge >= 0.3 is 5.97 Å². The van der Waals surface area contributed by atoms with Crippen LogP contribution < -0.4 is 5.32 Å². The Hall–Kier alpha value is -0.770. The number of rotatable bonds is 6. The Morgan fingerprint density at radius 1 is 1.33 bits per heavy atom. The lowest BCUT2D eigenvalue weighted by molar-refractivity contribution is -0.140. The zero-order chi connectivity index (χ0) is 13.4. The van der Waals surface area contributed by atoms with Crippen molar-refractivity contribution in [3.8, 4) is 0 Å². The smallest absolute Gasteiger partial charge is 0.325 e. The minimum absolute atomic E-state index is 0.0323. The van der Waals surface area contributed by atoms with Gasteiger partial charge in [0.15, 0.2) is 0 Å². The fourth-order valence-electron chi connectivity index (χ4n) is 2.31. The molecule has 0 aromatic carbocycles. The van der Waals surface area contributed by atoms with Crippen molar-refractivity contribution < 1.29 is 14.3 Å². The first kappa shape index (κ1) is 15.3. The zero-order valence-electron chi connectivity index (χ0n) is 10.9. The summed E-state index contributed by atoms with van der Waals surface area (Å²) in [4.78, 5) is 22.6. The van der Waals surface area contributed by atoms with E-state index in [9.17, 15) is 9.59 Å². The van der Waals surface area contributed by atoms with Crippen LogP contribution in [0.3, 0.4) is 0 Å². The van der Waals surface area contributed by atoms with Crippen LogP contribution in [0.1, 0.15) is 44.9 Å². The molecule has 18 heavy (non-hydrogen) atoms. The number of hydrogen-bond acceptors (Lipinski definition) is 3. The second-order valence-electron chi connectivity index (χ2n) is 4.84. The SMILES string of the molecule is COC(=O)C(Cl)CNC(=O)CCC1CCCCC1. The summed E-state index contributed by atoms with van der Waals surface area (Å²) in [6.45, 7) is 0.137. The third-order valence-corrected chi connectivity index (χ3v) is 3.77. The molecule has 1 amide bonds. The molecule has 0 radical (unpaired) electrons. The first-order chi connectivity index (χ1) is 8.63. The number of ether oxygens (including phenoxy) is 1. The number of carbonyl (C=O) groups is 2. The predicted molar refractivity (Wildman–Crippen MR) is 70.5 cm³/mol. The Labute approximate surface area is 113 Å². The quantitative estimate of drug-likeness (QED) is 0.597. The van der Waals surface area contributed by atoms with Crippen molar-refractivity contribution >= 4 is 23.5 Å². The van der Waals surface area contributed by atoms with Crippen LogP contribution in [0.15, 0.2) is 0 Å². The van der Waals surface area contributed by atoms with Gasteiger partial charge in [-0.2, -0.15) is 0 Å². The lowest BCUT2D eigenvalue weighted by Crippen LogP contribution is -2.34. The maximum absolute atomic E-state index is 11.6. The molecule has 1 atom stereocenters. The van der Waals surface area contributed by atoms with E-state index in [-0.39, 0.29) is 12.5 Å². The van der Waals surface area contributed by atoms with Crippen LogP contribution >= 0.6 is 11.6 Å². The maximum atomic E-state index is 11.6. The van der Waals surface area contributed by atoms with Crippen LogP contribution in [0.2, 0.25) is 0 Å². The normalized spacial score (nSPS) is 18.1. The standard InChI is InChI=1S/C13H22ClNO3/c1-18-13(17)11(14)9-15-12(16)8-7-10-5-3-2-4-6-10/h10-11H,2-9H2,1H3,(H,15,16). The number of carbonyl (C=O) groups excluding carboxylic acids is 2. The summed E-state index contributed by atoms with van der Waals surface area (Å²) >= 11 is 5.74. The van der Waals surface area contributed by atoms with E-state index in [0.29, 0.717) is 12.3 Å². The number of amides is 1. The number of esters is 1. The molecule has 1 N–H and O–H groups in total. The predicted octanol–water partition coefficient (Wildman–Crippen LogP) is 2.24. The summed E-state index contributed by atoms with van der Waals surface area (Å²) in [6, 6.07) is 0. The third-order valence-electron chi connectivity index (χ3n) is 3.44. The lowest BCUT2D eigenvalue weighted by atomic mass is 9.86. The molecule has 0 bridgehead atoms. The Balaban J connectivity index is 2.11. The summed E-state index contributed by atoms with van der Waals surface area (Å²) in [5.74, 6) is 0.149. The van der Waals surface area contributed by atoms with Gasteiger partial charge < -0.3 is 10.1 Å². The van der Waals surface area contributed by atoms with Gasteiger partial charge in [0.25, 0.3) is 0 Å². The fraction of sp³-hybridized carbons (Fsp3) is 0.846. The molecule has 0 spiro atoms. The van der Waals surface area contributed by atoms with E-state index in [1.165, 1.54) is 39.2 Å². The van der Waals surface area contributed by atoms with Gasteiger partial charge in [-0.1, -0.05) is 32.1 Å². The first-order valence-electron chi connectivity index (χ1n) is 6.62. The van der Waals surface area contributed by atoms with E-state index in [4.69, 9.17) is 11.6 Å². The number of nitrogens with one attached hydrogen (secondary N) is 1. The largest absolute Gasteiger partial charge is 0.468 e. The summed E-state index contributed by atoms with van der Waals surface area (Å²) in [5.41, 5.74) is 0. The highest BCUT2D eigenvalue weighted by Gasteiger charge is 2.18. The van der Waals surface area contributed by atoms with Crippen molar-refractivity contribution in [3.63, 3.8) is 0 Å². The topological polar surface area (TPSA) is 55.4 Å². The first-order valence-corrected chi connectivity index (χ1v) is 7.05. The molecule has 0 aromatic rings. The monoisotopic (exact) mass is 275 g/mol. The van der Waals surface area contributed by atoms with Gasteiger partial charge in [-0.05, 0) is 12.3 Å². The summed E-state index contributed by atoms with van der Waals surface area (Å²) in [5, 5.41) is 1.87. The summed E-state index contributed by atoms with van der Waals surface area (Å²) in [6.07, 6.45) is 7.86. The average Bonchev–Trinajstić information content (AvgIpc) is 2.42. The van der Waals surface area contributed by atoms with Gasteiger partial charge in [-0.15, -0.1) is 11.6 Å². The number of halogens is 1. The van der Waals surface area contributed by atoms with Crippen molar-refractivity contribution in [2.45, 2.75) is 50.3 Å². The van der Waals surface area contributed by atoms with Crippen molar-refractivity contribution in [3.05, 3.63) is 0 Å². The molecule has 0 saturated heterocycles. The zero-order valence-corrected chi connectivity index (χ0v) is 11.7. The molecule has 1 saturated carbocycles. The third kappa shape index (κ3) is 5.71. The minimum atomic E-state index is -0.798. The number of alkyl halides is 1. The summed E-state index contributed by atoms with van der Waals surface area (Å²) in [7, 11) is 1.28. The Morgan fingerprint density at radius 3 is 2.61 bits per heavy atom. The molecule has 4 nitrogen and oxygen atoms in total. The van der Waals surface area contributed by atoms with Crippen molar-refractivity contribution in [2.75, 3.05) is 13.7 Å². The van der Waals surface area contributed by atoms with E-state index < -0.39 is 11.3 Å². The molecule has 1 fully saturated rings. The molecule has 1 unspecified atom stereocenters. The molecule has 1 aliphatic carbocycles. The van der Waals surface area contributed by atoms with Crippen molar-refractivity contribution in [1.82, 2.24) is 5.32 Å².